The van der Waals surface area contributed by atoms with E-state index in [1.165, 1.54) is 18.2 Å². The van der Waals surface area contributed by atoms with Gasteiger partial charge in [-0.1, -0.05) is 15.9 Å². The van der Waals surface area contributed by atoms with Crippen LogP contribution in [0.2, 0.25) is 0 Å². The number of ether oxygens (including phenoxy) is 2. The normalized spacial score (nSPS) is 16.6. The number of carbonyl (C=O) groups is 2. The topological polar surface area (TPSA) is 115 Å². The number of methoxy groups -OCH3 is 1. The lowest BCUT2D eigenvalue weighted by Crippen LogP contribution is -2.59. The summed E-state index contributed by atoms with van der Waals surface area (Å²) in [7, 11) is 1.25. The Morgan fingerprint density at radius 1 is 1.27 bits per heavy atom. The predicted octanol–water partition coefficient (Wildman–Crippen LogP) is 4.12. The summed E-state index contributed by atoms with van der Waals surface area (Å²) < 4.78 is 11.3. The van der Waals surface area contributed by atoms with E-state index in [4.69, 9.17) is 9.47 Å². The summed E-state index contributed by atoms with van der Waals surface area (Å²) in [6, 6.07) is 0.862. The molecule has 0 bridgehead atoms. The van der Waals surface area contributed by atoms with E-state index in [0.717, 1.165) is 15.6 Å². The number of benzene rings is 1. The van der Waals surface area contributed by atoms with Gasteiger partial charge in [0.2, 0.25) is 0 Å². The lowest BCUT2D eigenvalue weighted by atomic mass is 10.0. The van der Waals surface area contributed by atoms with Gasteiger partial charge in [0.25, 0.3) is 0 Å². The van der Waals surface area contributed by atoms with Gasteiger partial charge >= 0.3 is 17.7 Å². The van der Waals surface area contributed by atoms with Crippen molar-refractivity contribution in [1.29, 1.82) is 0 Å². The second-order valence-corrected chi connectivity index (χ2v) is 9.73. The molecule has 11 heteroatoms. The Morgan fingerprint density at radius 2 is 1.94 bits per heavy atom. The summed E-state index contributed by atoms with van der Waals surface area (Å²) >= 11 is 3.54. The maximum Gasteiger partial charge on any atom is 0.410 e. The number of aromatic nitrogens is 1. The van der Waals surface area contributed by atoms with Crippen LogP contribution < -0.4 is 4.90 Å². The molecule has 33 heavy (non-hydrogen) atoms. The van der Waals surface area contributed by atoms with Crippen LogP contribution in [-0.4, -0.2) is 65.3 Å². The van der Waals surface area contributed by atoms with Crippen LogP contribution in [-0.2, 0) is 14.3 Å². The maximum atomic E-state index is 12.8. The number of carbonyl (C=O) groups excluding carboxylic acids is 2. The van der Waals surface area contributed by atoms with Crippen molar-refractivity contribution in [3.8, 4) is 0 Å². The van der Waals surface area contributed by atoms with Crippen LogP contribution in [0, 0.1) is 24.0 Å². The first-order valence-corrected chi connectivity index (χ1v) is 11.2. The van der Waals surface area contributed by atoms with Crippen LogP contribution in [0.15, 0.2) is 16.7 Å². The molecule has 2 aromatic rings. The highest BCUT2D eigenvalue weighted by Crippen LogP contribution is 2.40. The van der Waals surface area contributed by atoms with Gasteiger partial charge in [-0.3, -0.25) is 10.1 Å². The molecule has 1 aliphatic rings. The molecule has 0 saturated carbocycles. The number of anilines is 1. The molecule has 1 amide bonds. The fourth-order valence-corrected chi connectivity index (χ4v) is 4.24. The third-order valence-corrected chi connectivity index (χ3v) is 6.67. The second-order valence-electron chi connectivity index (χ2n) is 8.94. The van der Waals surface area contributed by atoms with Crippen molar-refractivity contribution in [2.45, 2.75) is 46.3 Å². The summed E-state index contributed by atoms with van der Waals surface area (Å²) in [6.07, 6.45) is 0.654. The number of amides is 1. The van der Waals surface area contributed by atoms with Crippen molar-refractivity contribution in [2.24, 2.45) is 0 Å². The SMILES string of the molecule is COC(=O)[C@H]1CN(C(=O)OC(C)(C)C)CCN1c1c([N+](=O)[O-])cnc2c(C)c(Br)c(C)cc12. The van der Waals surface area contributed by atoms with Crippen LogP contribution in [0.4, 0.5) is 16.2 Å². The number of nitro groups is 1. The van der Waals surface area contributed by atoms with Gasteiger partial charge in [-0.2, -0.15) is 0 Å². The van der Waals surface area contributed by atoms with Crippen molar-refractivity contribution < 1.29 is 24.0 Å². The quantitative estimate of drug-likeness (QED) is 0.335. The van der Waals surface area contributed by atoms with Crippen molar-refractivity contribution in [2.75, 3.05) is 31.6 Å². The third-order valence-electron chi connectivity index (χ3n) is 5.45. The smallest absolute Gasteiger partial charge is 0.410 e. The summed E-state index contributed by atoms with van der Waals surface area (Å²) in [5, 5.41) is 12.5. The van der Waals surface area contributed by atoms with Crippen molar-refractivity contribution in [3.05, 3.63) is 38.0 Å². The van der Waals surface area contributed by atoms with E-state index in [-0.39, 0.29) is 31.0 Å². The summed E-state index contributed by atoms with van der Waals surface area (Å²) in [5.74, 6) is -0.604. The van der Waals surface area contributed by atoms with Gasteiger partial charge in [0.05, 0.1) is 24.1 Å². The van der Waals surface area contributed by atoms with Crippen LogP contribution in [0.3, 0.4) is 0 Å². The highest BCUT2D eigenvalue weighted by Gasteiger charge is 2.40. The molecule has 1 aromatic heterocycles. The average molecular weight is 523 g/mol. The molecule has 0 aliphatic carbocycles. The van der Waals surface area contributed by atoms with E-state index in [1.807, 2.05) is 19.9 Å². The van der Waals surface area contributed by atoms with Gasteiger partial charge in [0.1, 0.15) is 23.5 Å². The molecule has 1 saturated heterocycles. The summed E-state index contributed by atoms with van der Waals surface area (Å²) in [5.41, 5.74) is 1.67. The minimum Gasteiger partial charge on any atom is -0.467 e. The van der Waals surface area contributed by atoms with Crippen LogP contribution in [0.1, 0.15) is 31.9 Å². The number of hydrogen-bond donors (Lipinski definition) is 0. The highest BCUT2D eigenvalue weighted by atomic mass is 79.9. The average Bonchev–Trinajstić information content (AvgIpc) is 2.74. The van der Waals surface area contributed by atoms with E-state index in [0.29, 0.717) is 10.9 Å². The Morgan fingerprint density at radius 3 is 2.52 bits per heavy atom. The van der Waals surface area contributed by atoms with Gasteiger partial charge < -0.3 is 19.3 Å². The van der Waals surface area contributed by atoms with Gasteiger partial charge in [-0.15, -0.1) is 0 Å². The fourth-order valence-electron chi connectivity index (χ4n) is 3.94. The lowest BCUT2D eigenvalue weighted by molar-refractivity contribution is -0.384. The molecular formula is C22H27BrN4O6. The molecule has 178 valence electrons. The van der Waals surface area contributed by atoms with Crippen molar-refractivity contribution in [1.82, 2.24) is 9.88 Å². The molecule has 2 heterocycles. The molecule has 0 unspecified atom stereocenters. The zero-order chi connectivity index (χ0) is 24.7. The van der Waals surface area contributed by atoms with Gasteiger partial charge in [-0.05, 0) is 51.8 Å². The Balaban J connectivity index is 2.15. The molecule has 0 spiro atoms. The number of fused-ring (bicyclic) bond motifs is 1. The van der Waals surface area contributed by atoms with E-state index in [1.54, 1.807) is 25.7 Å². The first-order chi connectivity index (χ1) is 15.4. The monoisotopic (exact) mass is 522 g/mol. The number of rotatable bonds is 3. The molecule has 1 fully saturated rings. The molecule has 0 N–H and O–H groups in total. The Kier molecular flexibility index (Phi) is 6.83. The standard InChI is InChI=1S/C22H27BrN4O6/c1-12-9-14-18(13(2)17(12)23)24-10-15(27(30)31)19(14)26-8-7-25(11-16(26)20(28)32-6)21(29)33-22(3,4)5/h9-10,16H,7-8,11H2,1-6H3/t16-/m1/s1. The number of pyridine rings is 1. The lowest BCUT2D eigenvalue weighted by Gasteiger charge is -2.41. The van der Waals surface area contributed by atoms with E-state index in [2.05, 4.69) is 20.9 Å². The molecule has 1 aliphatic heterocycles. The predicted molar refractivity (Wildman–Crippen MR) is 127 cm³/mol. The zero-order valence-corrected chi connectivity index (χ0v) is 21.1. The molecular weight excluding hydrogens is 496 g/mol. The van der Waals surface area contributed by atoms with Gasteiger partial charge in [-0.25, -0.2) is 14.6 Å². The van der Waals surface area contributed by atoms with E-state index >= 15 is 0 Å². The third kappa shape index (κ3) is 4.87. The first kappa shape index (κ1) is 24.7. The Labute approximate surface area is 200 Å². The largest absolute Gasteiger partial charge is 0.467 e. The van der Waals surface area contributed by atoms with Crippen molar-refractivity contribution >= 4 is 50.3 Å². The Bertz CT molecular complexity index is 1130. The van der Waals surface area contributed by atoms with E-state index < -0.39 is 28.6 Å². The molecule has 1 atom stereocenters. The number of esters is 1. The number of aryl methyl sites for hydroxylation is 2. The highest BCUT2D eigenvalue weighted by molar-refractivity contribution is 9.10. The van der Waals surface area contributed by atoms with Gasteiger partial charge in [0.15, 0.2) is 0 Å². The molecule has 10 nitrogen and oxygen atoms in total. The van der Waals surface area contributed by atoms with Crippen LogP contribution >= 0.6 is 15.9 Å². The van der Waals surface area contributed by atoms with Crippen molar-refractivity contribution in [3.63, 3.8) is 0 Å². The number of nitrogens with zero attached hydrogens (tertiary/aromatic N) is 4. The van der Waals surface area contributed by atoms with E-state index in [9.17, 15) is 19.7 Å². The maximum absolute atomic E-state index is 12.8. The second kappa shape index (κ2) is 9.12. The summed E-state index contributed by atoms with van der Waals surface area (Å²) in [6.45, 7) is 9.40. The first-order valence-electron chi connectivity index (χ1n) is 10.4. The number of hydrogen-bond acceptors (Lipinski definition) is 8. The van der Waals surface area contributed by atoms with Crippen LogP contribution in [0.25, 0.3) is 10.9 Å². The van der Waals surface area contributed by atoms with Gasteiger partial charge in [0, 0.05) is 22.9 Å². The minimum absolute atomic E-state index is 0.0307. The Hall–Kier alpha value is -2.95. The molecule has 1 aromatic carbocycles. The number of halogens is 1. The molecule has 3 rings (SSSR count). The van der Waals surface area contributed by atoms with Crippen LogP contribution in [0.5, 0.6) is 0 Å². The summed E-state index contributed by atoms with van der Waals surface area (Å²) in [4.78, 5) is 44.2. The minimum atomic E-state index is -0.954. The number of piperazine rings is 1. The molecule has 0 radical (unpaired) electrons. The zero-order valence-electron chi connectivity index (χ0n) is 19.5. The fraction of sp³-hybridized carbons (Fsp3) is 0.500.